The van der Waals surface area contributed by atoms with Gasteiger partial charge in [0.15, 0.2) is 5.54 Å². The number of carbonyl (C=O) groups is 5. The average molecular weight is 411 g/mol. The Labute approximate surface area is 170 Å². The number of esters is 2. The average Bonchev–Trinajstić information content (AvgIpc) is 2.93. The van der Waals surface area contributed by atoms with Crippen LogP contribution in [0.4, 0.5) is 9.59 Å². The maximum absolute atomic E-state index is 13.0. The van der Waals surface area contributed by atoms with E-state index in [9.17, 15) is 24.0 Å². The number of ether oxygens (including phenoxy) is 2. The van der Waals surface area contributed by atoms with Crippen molar-refractivity contribution in [2.45, 2.75) is 19.4 Å². The van der Waals surface area contributed by atoms with Gasteiger partial charge in [-0.05, 0) is 35.4 Å². The smallest absolute Gasteiger partial charge is 0.333 e. The quantitative estimate of drug-likeness (QED) is 0.439. The molecule has 5 amide bonds. The van der Waals surface area contributed by atoms with Gasteiger partial charge in [0.25, 0.3) is 5.91 Å². The number of imide groups is 2. The molecule has 1 aliphatic heterocycles. The highest BCUT2D eigenvalue weighted by molar-refractivity contribution is 6.15. The summed E-state index contributed by atoms with van der Waals surface area (Å²) in [5, 5.41) is 2.11. The van der Waals surface area contributed by atoms with E-state index < -0.39 is 35.4 Å². The Morgan fingerprint density at radius 3 is 1.57 bits per heavy atom. The van der Waals surface area contributed by atoms with Crippen LogP contribution in [0, 0.1) is 0 Å². The molecule has 10 heteroatoms. The van der Waals surface area contributed by atoms with Gasteiger partial charge < -0.3 is 15.2 Å². The van der Waals surface area contributed by atoms with Crippen molar-refractivity contribution >= 4 is 29.9 Å². The van der Waals surface area contributed by atoms with Gasteiger partial charge >= 0.3 is 24.0 Å². The summed E-state index contributed by atoms with van der Waals surface area (Å²) >= 11 is 0. The molecular formula is C20H17N3O7. The van der Waals surface area contributed by atoms with Crippen LogP contribution in [0.3, 0.4) is 0 Å². The largest absolute Gasteiger partial charge is 0.427 e. The number of nitrogens with two attached hydrogens (primary N) is 1. The molecule has 3 N–H and O–H groups in total. The highest BCUT2D eigenvalue weighted by Gasteiger charge is 2.58. The Morgan fingerprint density at radius 2 is 1.23 bits per heavy atom. The molecule has 154 valence electrons. The molecule has 30 heavy (non-hydrogen) atoms. The minimum atomic E-state index is -1.91. The zero-order valence-electron chi connectivity index (χ0n) is 16.0. The van der Waals surface area contributed by atoms with E-state index in [1.165, 1.54) is 62.4 Å². The molecule has 0 aliphatic carbocycles. The highest BCUT2D eigenvalue weighted by Crippen LogP contribution is 2.41. The van der Waals surface area contributed by atoms with Crippen molar-refractivity contribution in [3.05, 3.63) is 59.7 Å². The van der Waals surface area contributed by atoms with Crippen LogP contribution >= 0.6 is 0 Å². The Balaban J connectivity index is 2.18. The van der Waals surface area contributed by atoms with Gasteiger partial charge in [0.1, 0.15) is 11.5 Å². The minimum absolute atomic E-state index is 0.210. The Morgan fingerprint density at radius 1 is 0.833 bits per heavy atom. The van der Waals surface area contributed by atoms with Crippen LogP contribution in [0.25, 0.3) is 0 Å². The molecule has 0 bridgehead atoms. The van der Waals surface area contributed by atoms with Gasteiger partial charge in [0, 0.05) is 13.8 Å². The summed E-state index contributed by atoms with van der Waals surface area (Å²) in [6.07, 6.45) is 0. The maximum Gasteiger partial charge on any atom is 0.333 e. The van der Waals surface area contributed by atoms with Gasteiger partial charge in [0.2, 0.25) is 0 Å². The summed E-state index contributed by atoms with van der Waals surface area (Å²) in [5.74, 6) is -1.45. The second-order valence-corrected chi connectivity index (χ2v) is 6.38. The predicted molar refractivity (Wildman–Crippen MR) is 101 cm³/mol. The third-order valence-corrected chi connectivity index (χ3v) is 4.38. The number of primary amides is 1. The molecule has 0 aromatic heterocycles. The molecule has 1 saturated heterocycles. The standard InChI is InChI=1S/C20H17N3O7/c1-11(24)29-15-7-3-13(4-8-15)20(17(26)22-19(28)23(20)18(21)27)14-5-9-16(10-6-14)30-12(2)25/h3-10H,1-2H3,(H2,21,27)(H,22,26,28). The number of benzene rings is 2. The van der Waals surface area contributed by atoms with Gasteiger partial charge in [-0.3, -0.25) is 19.7 Å². The van der Waals surface area contributed by atoms with Crippen molar-refractivity contribution in [2.24, 2.45) is 5.73 Å². The number of nitrogens with one attached hydrogen (secondary N) is 1. The monoisotopic (exact) mass is 411 g/mol. The van der Waals surface area contributed by atoms with E-state index >= 15 is 0 Å². The zero-order chi connectivity index (χ0) is 22.1. The lowest BCUT2D eigenvalue weighted by molar-refractivity contribution is -0.132. The van der Waals surface area contributed by atoms with Gasteiger partial charge in [-0.15, -0.1) is 0 Å². The van der Waals surface area contributed by atoms with E-state index in [0.29, 0.717) is 4.90 Å². The van der Waals surface area contributed by atoms with Gasteiger partial charge in [-0.25, -0.2) is 14.5 Å². The molecule has 0 saturated carbocycles. The van der Waals surface area contributed by atoms with Crippen molar-refractivity contribution in [3.63, 3.8) is 0 Å². The lowest BCUT2D eigenvalue weighted by atomic mass is 9.81. The molecule has 2 aromatic carbocycles. The van der Waals surface area contributed by atoms with E-state index in [-0.39, 0.29) is 22.6 Å². The molecule has 0 spiro atoms. The van der Waals surface area contributed by atoms with E-state index in [2.05, 4.69) is 5.32 Å². The van der Waals surface area contributed by atoms with Crippen molar-refractivity contribution < 1.29 is 33.4 Å². The van der Waals surface area contributed by atoms with Crippen molar-refractivity contribution in [1.29, 1.82) is 0 Å². The number of rotatable bonds is 4. The van der Waals surface area contributed by atoms with Gasteiger partial charge in [-0.2, -0.15) is 0 Å². The fraction of sp³-hybridized carbons (Fsp3) is 0.150. The van der Waals surface area contributed by atoms with Crippen molar-refractivity contribution in [2.75, 3.05) is 0 Å². The summed E-state index contributed by atoms with van der Waals surface area (Å²) in [5.41, 5.74) is 3.96. The van der Waals surface area contributed by atoms with Crippen LogP contribution in [-0.4, -0.2) is 34.8 Å². The highest BCUT2D eigenvalue weighted by atomic mass is 16.5. The van der Waals surface area contributed by atoms with Crippen molar-refractivity contribution in [3.8, 4) is 11.5 Å². The molecule has 1 fully saturated rings. The molecule has 2 aromatic rings. The summed E-state index contributed by atoms with van der Waals surface area (Å²) < 4.78 is 9.97. The van der Waals surface area contributed by atoms with E-state index in [4.69, 9.17) is 15.2 Å². The van der Waals surface area contributed by atoms with Crippen LogP contribution in [0.1, 0.15) is 25.0 Å². The third kappa shape index (κ3) is 3.46. The number of nitrogens with zero attached hydrogens (tertiary/aromatic N) is 1. The first-order valence-corrected chi connectivity index (χ1v) is 8.69. The SMILES string of the molecule is CC(=O)Oc1ccc(C2(c3ccc(OC(C)=O)cc3)C(=O)NC(=O)N2C(N)=O)cc1. The number of urea groups is 2. The van der Waals surface area contributed by atoms with E-state index in [1.54, 1.807) is 0 Å². The molecule has 0 atom stereocenters. The van der Waals surface area contributed by atoms with Crippen LogP contribution in [-0.2, 0) is 19.9 Å². The lowest BCUT2D eigenvalue weighted by Crippen LogP contribution is -2.52. The number of hydrogen-bond donors (Lipinski definition) is 2. The molecule has 3 rings (SSSR count). The van der Waals surface area contributed by atoms with Crippen LogP contribution in [0.15, 0.2) is 48.5 Å². The lowest BCUT2D eigenvalue weighted by Gasteiger charge is -2.33. The summed E-state index contributed by atoms with van der Waals surface area (Å²) in [6.45, 7) is 2.47. The fourth-order valence-corrected chi connectivity index (χ4v) is 3.31. The Hall–Kier alpha value is -4.21. The number of carbonyl (C=O) groups excluding carboxylic acids is 5. The normalized spacial score (nSPS) is 14.8. The molecule has 0 radical (unpaired) electrons. The van der Waals surface area contributed by atoms with Crippen LogP contribution in [0.2, 0.25) is 0 Å². The zero-order valence-corrected chi connectivity index (χ0v) is 16.0. The topological polar surface area (TPSA) is 145 Å². The summed E-state index contributed by atoms with van der Waals surface area (Å²) in [4.78, 5) is 60.4. The maximum atomic E-state index is 13.0. The first-order chi connectivity index (χ1) is 14.2. The van der Waals surface area contributed by atoms with Crippen molar-refractivity contribution in [1.82, 2.24) is 10.2 Å². The van der Waals surface area contributed by atoms with Gasteiger partial charge in [0.05, 0.1) is 0 Å². The second kappa shape index (κ2) is 7.66. The Kier molecular flexibility index (Phi) is 5.24. The number of hydrogen-bond acceptors (Lipinski definition) is 7. The minimum Gasteiger partial charge on any atom is -0.427 e. The van der Waals surface area contributed by atoms with E-state index in [1.807, 2.05) is 0 Å². The molecule has 0 unspecified atom stereocenters. The molecule has 1 aliphatic rings. The van der Waals surface area contributed by atoms with Gasteiger partial charge in [-0.1, -0.05) is 24.3 Å². The summed E-state index contributed by atoms with van der Waals surface area (Å²) in [6, 6.07) is 9.29. The number of amides is 5. The first-order valence-electron chi connectivity index (χ1n) is 8.69. The van der Waals surface area contributed by atoms with Crippen LogP contribution in [0.5, 0.6) is 11.5 Å². The van der Waals surface area contributed by atoms with Crippen LogP contribution < -0.4 is 20.5 Å². The fourth-order valence-electron chi connectivity index (χ4n) is 3.31. The van der Waals surface area contributed by atoms with E-state index in [0.717, 1.165) is 0 Å². The molecule has 10 nitrogen and oxygen atoms in total. The molecular weight excluding hydrogens is 394 g/mol. The predicted octanol–water partition coefficient (Wildman–Crippen LogP) is 1.41. The Bertz CT molecular complexity index is 986. The third-order valence-electron chi connectivity index (χ3n) is 4.38. The summed E-state index contributed by atoms with van der Waals surface area (Å²) in [7, 11) is 0. The second-order valence-electron chi connectivity index (χ2n) is 6.38. The first kappa shape index (κ1) is 20.5. The molecule has 1 heterocycles.